The number of amides is 1. The molecule has 0 unspecified atom stereocenters. The first-order chi connectivity index (χ1) is 13.5. The minimum atomic E-state index is -0.437. The van der Waals surface area contributed by atoms with Crippen molar-refractivity contribution in [1.82, 2.24) is 9.97 Å². The molecule has 0 saturated heterocycles. The van der Waals surface area contributed by atoms with Crippen molar-refractivity contribution in [1.29, 1.82) is 0 Å². The zero-order valence-corrected chi connectivity index (χ0v) is 15.0. The van der Waals surface area contributed by atoms with Crippen molar-refractivity contribution in [3.8, 4) is 0 Å². The predicted octanol–water partition coefficient (Wildman–Crippen LogP) is 3.79. The summed E-state index contributed by atoms with van der Waals surface area (Å²) >= 11 is 0. The molecule has 142 valence electrons. The summed E-state index contributed by atoms with van der Waals surface area (Å²) in [6.45, 7) is 2.02. The van der Waals surface area contributed by atoms with Gasteiger partial charge in [-0.2, -0.15) is 0 Å². The molecule has 28 heavy (non-hydrogen) atoms. The second-order valence-corrected chi connectivity index (χ2v) is 5.67. The Balaban J connectivity index is 1.67. The molecule has 2 N–H and O–H groups in total. The lowest BCUT2D eigenvalue weighted by molar-refractivity contribution is 0.0526. The van der Waals surface area contributed by atoms with E-state index >= 15 is 0 Å². The molecule has 0 radical (unpaired) electrons. The highest BCUT2D eigenvalue weighted by molar-refractivity contribution is 6.03. The Kier molecular flexibility index (Phi) is 5.91. The van der Waals surface area contributed by atoms with Gasteiger partial charge in [0, 0.05) is 17.4 Å². The molecule has 0 aliphatic rings. The summed E-state index contributed by atoms with van der Waals surface area (Å²) in [6, 6.07) is 13.6. The molecule has 1 heterocycles. The molecule has 0 atom stereocenters. The molecule has 0 bridgehead atoms. The number of nitrogens with one attached hydrogen (secondary N) is 2. The third kappa shape index (κ3) is 4.88. The first-order valence-corrected chi connectivity index (χ1v) is 8.48. The SMILES string of the molecule is CCOC(=O)c1ccc(NC(=O)c2cc(Nc3ccc(F)cc3)ncn2)cc1. The second kappa shape index (κ2) is 8.72. The fourth-order valence-corrected chi connectivity index (χ4v) is 2.33. The molecule has 1 aromatic heterocycles. The van der Waals surface area contributed by atoms with Crippen LogP contribution in [0.4, 0.5) is 21.6 Å². The maximum absolute atomic E-state index is 13.0. The van der Waals surface area contributed by atoms with Crippen LogP contribution in [0.3, 0.4) is 0 Å². The fourth-order valence-electron chi connectivity index (χ4n) is 2.33. The van der Waals surface area contributed by atoms with Gasteiger partial charge >= 0.3 is 5.97 Å². The van der Waals surface area contributed by atoms with E-state index in [9.17, 15) is 14.0 Å². The Morgan fingerprint density at radius 3 is 2.36 bits per heavy atom. The van der Waals surface area contributed by atoms with E-state index < -0.39 is 11.9 Å². The lowest BCUT2D eigenvalue weighted by atomic mass is 10.2. The quantitative estimate of drug-likeness (QED) is 0.632. The van der Waals surface area contributed by atoms with Crippen molar-refractivity contribution < 1.29 is 18.7 Å². The number of carbonyl (C=O) groups is 2. The number of halogens is 1. The molecule has 8 heteroatoms. The maximum atomic E-state index is 13.0. The van der Waals surface area contributed by atoms with E-state index in [-0.39, 0.29) is 11.5 Å². The van der Waals surface area contributed by atoms with Gasteiger partial charge in [-0.3, -0.25) is 4.79 Å². The van der Waals surface area contributed by atoms with Crippen LogP contribution in [-0.2, 0) is 4.74 Å². The van der Waals surface area contributed by atoms with Crippen LogP contribution >= 0.6 is 0 Å². The minimum Gasteiger partial charge on any atom is -0.462 e. The molecule has 0 spiro atoms. The molecule has 3 rings (SSSR count). The zero-order chi connectivity index (χ0) is 19.9. The first-order valence-electron chi connectivity index (χ1n) is 8.48. The lowest BCUT2D eigenvalue weighted by Crippen LogP contribution is -2.14. The number of nitrogens with zero attached hydrogens (tertiary/aromatic N) is 2. The third-order valence-electron chi connectivity index (χ3n) is 3.67. The molecule has 0 saturated carbocycles. The molecule has 0 aliphatic carbocycles. The molecule has 2 aromatic carbocycles. The van der Waals surface area contributed by atoms with E-state index in [0.717, 1.165) is 0 Å². The number of aromatic nitrogens is 2. The average molecular weight is 380 g/mol. The van der Waals surface area contributed by atoms with Crippen molar-refractivity contribution in [3.63, 3.8) is 0 Å². The first kappa shape index (κ1) is 19.0. The zero-order valence-electron chi connectivity index (χ0n) is 15.0. The number of hydrogen-bond acceptors (Lipinski definition) is 6. The number of esters is 1. The lowest BCUT2D eigenvalue weighted by Gasteiger charge is -2.08. The van der Waals surface area contributed by atoms with Crippen molar-refractivity contribution in [3.05, 3.63) is 78.0 Å². The van der Waals surface area contributed by atoms with E-state index in [4.69, 9.17) is 4.74 Å². The monoisotopic (exact) mass is 380 g/mol. The molecule has 0 aliphatic heterocycles. The molecule has 1 amide bonds. The smallest absolute Gasteiger partial charge is 0.338 e. The number of rotatable bonds is 6. The predicted molar refractivity (Wildman–Crippen MR) is 102 cm³/mol. The normalized spacial score (nSPS) is 10.2. The Labute approximate surface area is 160 Å². The summed E-state index contributed by atoms with van der Waals surface area (Å²) < 4.78 is 17.9. The van der Waals surface area contributed by atoms with Gasteiger partial charge in [-0.25, -0.2) is 19.2 Å². The molecule has 7 nitrogen and oxygen atoms in total. The van der Waals surface area contributed by atoms with Crippen LogP contribution in [0.2, 0.25) is 0 Å². The third-order valence-corrected chi connectivity index (χ3v) is 3.67. The van der Waals surface area contributed by atoms with Gasteiger partial charge in [0.05, 0.1) is 12.2 Å². The van der Waals surface area contributed by atoms with E-state index in [2.05, 4.69) is 20.6 Å². The Bertz CT molecular complexity index is 976. The highest BCUT2D eigenvalue weighted by atomic mass is 19.1. The van der Waals surface area contributed by atoms with Crippen LogP contribution in [0.5, 0.6) is 0 Å². The van der Waals surface area contributed by atoms with E-state index in [1.807, 2.05) is 0 Å². The standard InChI is InChI=1S/C20H17FN4O3/c1-2-28-20(27)13-3-7-16(8-4-13)25-19(26)17-11-18(23-12-22-17)24-15-9-5-14(21)6-10-15/h3-12H,2H2,1H3,(H,25,26)(H,22,23,24). The summed E-state index contributed by atoms with van der Waals surface area (Å²) in [7, 11) is 0. The topological polar surface area (TPSA) is 93.2 Å². The number of ether oxygens (including phenoxy) is 1. The van der Waals surface area contributed by atoms with Gasteiger partial charge in [0.1, 0.15) is 23.7 Å². The van der Waals surface area contributed by atoms with Gasteiger partial charge in [0.2, 0.25) is 0 Å². The summed E-state index contributed by atoms with van der Waals surface area (Å²) in [5.74, 6) is -0.812. The second-order valence-electron chi connectivity index (χ2n) is 5.67. The van der Waals surface area contributed by atoms with Gasteiger partial charge in [-0.15, -0.1) is 0 Å². The van der Waals surface area contributed by atoms with Gasteiger partial charge in [-0.05, 0) is 55.5 Å². The number of anilines is 3. The summed E-state index contributed by atoms with van der Waals surface area (Å²) in [6.07, 6.45) is 1.25. The average Bonchev–Trinajstić information content (AvgIpc) is 2.71. The van der Waals surface area contributed by atoms with Crippen LogP contribution in [0.25, 0.3) is 0 Å². The Morgan fingerprint density at radius 2 is 1.68 bits per heavy atom. The number of carbonyl (C=O) groups excluding carboxylic acids is 2. The van der Waals surface area contributed by atoms with Crippen LogP contribution in [0.1, 0.15) is 27.8 Å². The summed E-state index contributed by atoms with van der Waals surface area (Å²) in [5, 5.41) is 5.67. The Hall–Kier alpha value is -3.81. The van der Waals surface area contributed by atoms with Gasteiger partial charge in [0.25, 0.3) is 5.91 Å². The highest BCUT2D eigenvalue weighted by Gasteiger charge is 2.11. The van der Waals surface area contributed by atoms with Gasteiger partial charge in [0.15, 0.2) is 0 Å². The highest BCUT2D eigenvalue weighted by Crippen LogP contribution is 2.16. The molecular formula is C20H17FN4O3. The molecular weight excluding hydrogens is 363 g/mol. The number of hydrogen-bond donors (Lipinski definition) is 2. The van der Waals surface area contributed by atoms with Crippen molar-refractivity contribution in [2.24, 2.45) is 0 Å². The van der Waals surface area contributed by atoms with Gasteiger partial charge < -0.3 is 15.4 Å². The van der Waals surface area contributed by atoms with Crippen LogP contribution in [0, 0.1) is 5.82 Å². The van der Waals surface area contributed by atoms with E-state index in [1.165, 1.54) is 24.5 Å². The largest absolute Gasteiger partial charge is 0.462 e. The van der Waals surface area contributed by atoms with Crippen LogP contribution in [0.15, 0.2) is 60.9 Å². The maximum Gasteiger partial charge on any atom is 0.338 e. The van der Waals surface area contributed by atoms with Crippen molar-refractivity contribution in [2.75, 3.05) is 17.2 Å². The van der Waals surface area contributed by atoms with Crippen LogP contribution < -0.4 is 10.6 Å². The molecule has 3 aromatic rings. The molecule has 0 fully saturated rings. The van der Waals surface area contributed by atoms with Crippen molar-refractivity contribution in [2.45, 2.75) is 6.92 Å². The van der Waals surface area contributed by atoms with Crippen LogP contribution in [-0.4, -0.2) is 28.5 Å². The van der Waals surface area contributed by atoms with E-state index in [0.29, 0.717) is 29.4 Å². The minimum absolute atomic E-state index is 0.147. The van der Waals surface area contributed by atoms with Crippen molar-refractivity contribution >= 4 is 29.1 Å². The van der Waals surface area contributed by atoms with Gasteiger partial charge in [-0.1, -0.05) is 0 Å². The fraction of sp³-hybridized carbons (Fsp3) is 0.100. The number of benzene rings is 2. The Morgan fingerprint density at radius 1 is 1.00 bits per heavy atom. The summed E-state index contributed by atoms with van der Waals surface area (Å²) in [5.41, 5.74) is 1.67. The summed E-state index contributed by atoms with van der Waals surface area (Å²) in [4.78, 5) is 32.1. The van der Waals surface area contributed by atoms with E-state index in [1.54, 1.807) is 43.3 Å².